The average molecular weight is 472 g/mol. The smallest absolute Gasteiger partial charge is 0.265 e. The normalized spacial score (nSPS) is 13.0. The zero-order valence-electron chi connectivity index (χ0n) is 19.3. The Morgan fingerprint density at radius 2 is 1.83 bits per heavy atom. The molecule has 0 aliphatic carbocycles. The molecule has 1 unspecified atom stereocenters. The molecule has 0 radical (unpaired) electrons. The Labute approximate surface area is 201 Å². The summed E-state index contributed by atoms with van der Waals surface area (Å²) in [7, 11) is 3.18. The van der Waals surface area contributed by atoms with E-state index in [1.165, 1.54) is 4.57 Å². The molecule has 1 atom stereocenters. The summed E-state index contributed by atoms with van der Waals surface area (Å²) in [6.07, 6.45) is -0.0766. The van der Waals surface area contributed by atoms with Crippen LogP contribution in [0.3, 0.4) is 0 Å². The number of carbonyl (C=O) groups excluding carboxylic acids is 1. The van der Waals surface area contributed by atoms with E-state index in [9.17, 15) is 14.7 Å². The summed E-state index contributed by atoms with van der Waals surface area (Å²) in [5.74, 6) is 1.14. The van der Waals surface area contributed by atoms with Crippen molar-refractivity contribution in [3.63, 3.8) is 0 Å². The van der Waals surface area contributed by atoms with E-state index < -0.39 is 17.4 Å². The Morgan fingerprint density at radius 1 is 1.09 bits per heavy atom. The number of hydrogen-bond donors (Lipinski definition) is 2. The second-order valence-electron chi connectivity index (χ2n) is 8.27. The maximum atomic E-state index is 13.5. The van der Waals surface area contributed by atoms with E-state index in [1.807, 2.05) is 36.4 Å². The van der Waals surface area contributed by atoms with Crippen LogP contribution in [0.25, 0.3) is 10.9 Å². The molecule has 5 rings (SSSR count). The van der Waals surface area contributed by atoms with Gasteiger partial charge in [0.05, 0.1) is 18.7 Å². The summed E-state index contributed by atoms with van der Waals surface area (Å²) < 4.78 is 17.5. The summed E-state index contributed by atoms with van der Waals surface area (Å²) in [6, 6.07) is 19.2. The SMILES string of the molecule is COc1ccc(NC(CC(=O)c2c(O)c3ccccc3n(C)c2=O)c2ccc3c(c2)OCO3)cc1. The summed E-state index contributed by atoms with van der Waals surface area (Å²) in [5, 5.41) is 14.7. The van der Waals surface area contributed by atoms with E-state index >= 15 is 0 Å². The van der Waals surface area contributed by atoms with Gasteiger partial charge in [-0.25, -0.2) is 0 Å². The zero-order chi connectivity index (χ0) is 24.5. The number of ketones is 1. The minimum absolute atomic E-state index is 0.0766. The van der Waals surface area contributed by atoms with Gasteiger partial charge in [0, 0.05) is 24.5 Å². The first kappa shape index (κ1) is 22.3. The fraction of sp³-hybridized carbons (Fsp3) is 0.185. The number of aromatic hydroxyl groups is 1. The monoisotopic (exact) mass is 472 g/mol. The lowest BCUT2D eigenvalue weighted by Crippen LogP contribution is -2.26. The third kappa shape index (κ3) is 4.14. The summed E-state index contributed by atoms with van der Waals surface area (Å²) in [4.78, 5) is 26.6. The molecule has 0 fully saturated rings. The lowest BCUT2D eigenvalue weighted by molar-refractivity contribution is 0.0972. The van der Waals surface area contributed by atoms with Crippen molar-refractivity contribution in [3.8, 4) is 23.0 Å². The highest BCUT2D eigenvalue weighted by Gasteiger charge is 2.26. The van der Waals surface area contributed by atoms with Gasteiger partial charge in [-0.2, -0.15) is 0 Å². The number of nitrogens with zero attached hydrogens (tertiary/aromatic N) is 1. The van der Waals surface area contributed by atoms with Gasteiger partial charge in [-0.05, 0) is 54.1 Å². The van der Waals surface area contributed by atoms with E-state index in [0.717, 1.165) is 11.3 Å². The molecule has 0 bridgehead atoms. The van der Waals surface area contributed by atoms with E-state index in [-0.39, 0.29) is 24.5 Å². The largest absolute Gasteiger partial charge is 0.506 e. The molecule has 35 heavy (non-hydrogen) atoms. The van der Waals surface area contributed by atoms with Crippen LogP contribution in [-0.2, 0) is 7.05 Å². The van der Waals surface area contributed by atoms with Crippen LogP contribution in [0, 0.1) is 0 Å². The molecule has 1 aliphatic heterocycles. The molecule has 0 saturated heterocycles. The Balaban J connectivity index is 1.53. The zero-order valence-corrected chi connectivity index (χ0v) is 19.3. The third-order valence-corrected chi connectivity index (χ3v) is 6.17. The molecule has 4 aromatic rings. The number of para-hydroxylation sites is 1. The first-order valence-corrected chi connectivity index (χ1v) is 11.1. The summed E-state index contributed by atoms with van der Waals surface area (Å²) in [5.41, 5.74) is 1.32. The third-order valence-electron chi connectivity index (χ3n) is 6.17. The van der Waals surface area contributed by atoms with Gasteiger partial charge in [-0.3, -0.25) is 9.59 Å². The number of rotatable bonds is 7. The van der Waals surface area contributed by atoms with Crippen LogP contribution in [0.4, 0.5) is 5.69 Å². The topological polar surface area (TPSA) is 99.0 Å². The van der Waals surface area contributed by atoms with Crippen molar-refractivity contribution in [1.82, 2.24) is 4.57 Å². The second kappa shape index (κ2) is 9.06. The number of aryl methyl sites for hydroxylation is 1. The van der Waals surface area contributed by atoms with Gasteiger partial charge in [0.15, 0.2) is 17.3 Å². The van der Waals surface area contributed by atoms with Crippen LogP contribution in [0.1, 0.15) is 28.4 Å². The minimum atomic E-state index is -0.542. The predicted molar refractivity (Wildman–Crippen MR) is 132 cm³/mol. The van der Waals surface area contributed by atoms with Crippen molar-refractivity contribution in [1.29, 1.82) is 0 Å². The van der Waals surface area contributed by atoms with Crippen molar-refractivity contribution in [2.24, 2.45) is 7.05 Å². The predicted octanol–water partition coefficient (Wildman–Crippen LogP) is 4.41. The van der Waals surface area contributed by atoms with Crippen LogP contribution in [0.15, 0.2) is 71.5 Å². The summed E-state index contributed by atoms with van der Waals surface area (Å²) >= 11 is 0. The first-order valence-electron chi connectivity index (χ1n) is 11.1. The van der Waals surface area contributed by atoms with Crippen molar-refractivity contribution >= 4 is 22.4 Å². The van der Waals surface area contributed by atoms with Gasteiger partial charge in [0.1, 0.15) is 17.1 Å². The number of anilines is 1. The quantitative estimate of drug-likeness (QED) is 0.385. The molecule has 8 heteroatoms. The maximum Gasteiger partial charge on any atom is 0.265 e. The number of methoxy groups -OCH3 is 1. The van der Waals surface area contributed by atoms with Crippen LogP contribution in [-0.4, -0.2) is 29.4 Å². The van der Waals surface area contributed by atoms with Crippen molar-refractivity contribution < 1.29 is 24.1 Å². The van der Waals surface area contributed by atoms with E-state index in [2.05, 4.69) is 5.32 Å². The van der Waals surface area contributed by atoms with Gasteiger partial charge in [0.2, 0.25) is 6.79 Å². The number of aromatic nitrogens is 1. The molecule has 8 nitrogen and oxygen atoms in total. The maximum absolute atomic E-state index is 13.5. The fourth-order valence-corrected chi connectivity index (χ4v) is 4.29. The minimum Gasteiger partial charge on any atom is -0.506 e. The van der Waals surface area contributed by atoms with Gasteiger partial charge < -0.3 is 29.2 Å². The number of Topliss-reactive ketones (excluding diaryl/α,β-unsaturated/α-hetero) is 1. The molecule has 3 aromatic carbocycles. The van der Waals surface area contributed by atoms with E-state index in [4.69, 9.17) is 14.2 Å². The molecule has 0 saturated carbocycles. The van der Waals surface area contributed by atoms with Crippen molar-refractivity contribution in [2.75, 3.05) is 19.2 Å². The van der Waals surface area contributed by atoms with Crippen LogP contribution in [0.5, 0.6) is 23.0 Å². The average Bonchev–Trinajstić information content (AvgIpc) is 3.35. The highest BCUT2D eigenvalue weighted by atomic mass is 16.7. The number of hydrogen-bond acceptors (Lipinski definition) is 7. The number of nitrogens with one attached hydrogen (secondary N) is 1. The molecule has 0 spiro atoms. The molecular formula is C27H24N2O6. The number of pyridine rings is 1. The highest BCUT2D eigenvalue weighted by Crippen LogP contribution is 2.37. The van der Waals surface area contributed by atoms with E-state index in [0.29, 0.717) is 28.2 Å². The van der Waals surface area contributed by atoms with Gasteiger partial charge >= 0.3 is 0 Å². The lowest BCUT2D eigenvalue weighted by Gasteiger charge is -2.21. The molecule has 2 heterocycles. The Bertz CT molecular complexity index is 1480. The first-order chi connectivity index (χ1) is 17.0. The van der Waals surface area contributed by atoms with E-state index in [1.54, 1.807) is 44.5 Å². The number of ether oxygens (including phenoxy) is 3. The van der Waals surface area contributed by atoms with Gasteiger partial charge in [-0.15, -0.1) is 0 Å². The fourth-order valence-electron chi connectivity index (χ4n) is 4.29. The summed E-state index contributed by atoms with van der Waals surface area (Å²) in [6.45, 7) is 0.134. The van der Waals surface area contributed by atoms with Crippen LogP contribution < -0.4 is 25.1 Å². The Hall–Kier alpha value is -4.46. The highest BCUT2D eigenvalue weighted by molar-refractivity contribution is 6.03. The number of fused-ring (bicyclic) bond motifs is 2. The molecule has 0 amide bonds. The standard InChI is InChI=1S/C27H24N2O6/c1-29-21-6-4-3-5-19(21)26(31)25(27(29)32)22(30)14-20(28-17-8-10-18(33-2)11-9-17)16-7-12-23-24(13-16)35-15-34-23/h3-13,20,28,31H,14-15H2,1-2H3. The molecule has 2 N–H and O–H groups in total. The number of benzene rings is 3. The van der Waals surface area contributed by atoms with Crippen molar-refractivity contribution in [3.05, 3.63) is 88.2 Å². The lowest BCUT2D eigenvalue weighted by atomic mass is 9.96. The second-order valence-corrected chi connectivity index (χ2v) is 8.27. The molecule has 1 aromatic heterocycles. The van der Waals surface area contributed by atoms with Crippen LogP contribution >= 0.6 is 0 Å². The molecule has 178 valence electrons. The van der Waals surface area contributed by atoms with Gasteiger partial charge in [0.25, 0.3) is 5.56 Å². The van der Waals surface area contributed by atoms with Crippen LogP contribution in [0.2, 0.25) is 0 Å². The Kier molecular flexibility index (Phi) is 5.78. The molecule has 1 aliphatic rings. The Morgan fingerprint density at radius 3 is 2.60 bits per heavy atom. The van der Waals surface area contributed by atoms with Crippen molar-refractivity contribution in [2.45, 2.75) is 12.5 Å². The molecular weight excluding hydrogens is 448 g/mol. The van der Waals surface area contributed by atoms with Gasteiger partial charge in [-0.1, -0.05) is 18.2 Å². The number of carbonyl (C=O) groups is 1.